The molecule has 0 aliphatic carbocycles. The number of tetrazole rings is 1. The van der Waals surface area contributed by atoms with E-state index in [4.69, 9.17) is 16.3 Å². The van der Waals surface area contributed by atoms with Gasteiger partial charge in [-0.1, -0.05) is 78.6 Å². The number of fused-ring (bicyclic) bond motifs is 1. The minimum Gasteiger partial charge on any atom is -0.488 e. The number of anilines is 1. The number of halogens is 1. The van der Waals surface area contributed by atoms with Gasteiger partial charge in [0.2, 0.25) is 5.95 Å². The van der Waals surface area contributed by atoms with E-state index in [1.165, 1.54) is 0 Å². The van der Waals surface area contributed by atoms with Crippen molar-refractivity contribution in [3.63, 3.8) is 0 Å². The van der Waals surface area contributed by atoms with E-state index in [1.54, 1.807) is 4.68 Å². The number of unbranched alkanes of at least 4 members (excludes halogenated alkanes) is 1. The molecule has 1 N–H and O–H groups in total. The summed E-state index contributed by atoms with van der Waals surface area (Å²) in [5, 5.41) is 18.4. The fourth-order valence-corrected chi connectivity index (χ4v) is 3.55. The van der Waals surface area contributed by atoms with Gasteiger partial charge >= 0.3 is 0 Å². The van der Waals surface area contributed by atoms with E-state index in [-0.39, 0.29) is 0 Å². The van der Waals surface area contributed by atoms with Crippen LogP contribution >= 0.6 is 11.6 Å². The van der Waals surface area contributed by atoms with E-state index >= 15 is 0 Å². The van der Waals surface area contributed by atoms with Crippen LogP contribution in [-0.2, 0) is 19.7 Å². The number of nitrogens with one attached hydrogen (secondary N) is 1. The quantitative estimate of drug-likeness (QED) is 0.388. The summed E-state index contributed by atoms with van der Waals surface area (Å²) in [7, 11) is 0. The Hall–Kier alpha value is -3.12. The third kappa shape index (κ3) is 4.54. The Kier molecular flexibility index (Phi) is 6.44. The van der Waals surface area contributed by atoms with Gasteiger partial charge in [-0.15, -0.1) is 0 Å². The van der Waals surface area contributed by atoms with Crippen LogP contribution in [0.2, 0.25) is 5.02 Å². The van der Waals surface area contributed by atoms with Gasteiger partial charge in [-0.2, -0.15) is 0 Å². The normalized spacial score (nSPS) is 11.0. The van der Waals surface area contributed by atoms with E-state index in [0.29, 0.717) is 24.1 Å². The first-order valence-corrected chi connectivity index (χ1v) is 10.5. The number of aromatic nitrogens is 4. The highest BCUT2D eigenvalue weighted by Gasteiger charge is 2.12. The standard InChI is InChI=1S/C23H24ClN5O/c1-2-3-14-29-23(26-27-28-29)25-15-20-19-10-6-4-8-17(19)12-13-22(20)30-16-18-9-5-7-11-21(18)24/h4-13H,2-3,14-16H2,1H3,(H,25,26,28). The van der Waals surface area contributed by atoms with E-state index in [0.717, 1.165) is 47.0 Å². The molecule has 0 saturated carbocycles. The van der Waals surface area contributed by atoms with Crippen molar-refractivity contribution in [2.75, 3.05) is 5.32 Å². The number of hydrogen-bond acceptors (Lipinski definition) is 5. The van der Waals surface area contributed by atoms with Crippen LogP contribution in [-0.4, -0.2) is 20.2 Å². The second kappa shape index (κ2) is 9.59. The molecule has 0 unspecified atom stereocenters. The van der Waals surface area contributed by atoms with Crippen molar-refractivity contribution in [3.05, 3.63) is 76.8 Å². The second-order valence-electron chi connectivity index (χ2n) is 7.08. The molecular weight excluding hydrogens is 398 g/mol. The smallest absolute Gasteiger partial charge is 0.243 e. The van der Waals surface area contributed by atoms with Crippen molar-refractivity contribution < 1.29 is 4.74 Å². The predicted octanol–water partition coefficient (Wildman–Crippen LogP) is 5.47. The molecule has 0 fully saturated rings. The number of rotatable bonds is 9. The Morgan fingerprint density at radius 2 is 1.87 bits per heavy atom. The summed E-state index contributed by atoms with van der Waals surface area (Å²) < 4.78 is 8.00. The number of aryl methyl sites for hydroxylation is 1. The zero-order valence-electron chi connectivity index (χ0n) is 16.9. The fourth-order valence-electron chi connectivity index (χ4n) is 3.36. The lowest BCUT2D eigenvalue weighted by atomic mass is 10.0. The van der Waals surface area contributed by atoms with Crippen LogP contribution in [0.3, 0.4) is 0 Å². The van der Waals surface area contributed by atoms with Crippen LogP contribution in [0, 0.1) is 0 Å². The van der Waals surface area contributed by atoms with Gasteiger partial charge in [0.05, 0.1) is 0 Å². The molecule has 1 heterocycles. The van der Waals surface area contributed by atoms with Crippen molar-refractivity contribution in [2.24, 2.45) is 0 Å². The lowest BCUT2D eigenvalue weighted by Gasteiger charge is -2.16. The summed E-state index contributed by atoms with van der Waals surface area (Å²) in [5.74, 6) is 1.47. The van der Waals surface area contributed by atoms with Gasteiger partial charge in [0, 0.05) is 29.2 Å². The van der Waals surface area contributed by atoms with Crippen molar-refractivity contribution in [1.29, 1.82) is 0 Å². The molecule has 0 radical (unpaired) electrons. The van der Waals surface area contributed by atoms with Crippen molar-refractivity contribution in [3.8, 4) is 5.75 Å². The maximum atomic E-state index is 6.30. The average Bonchev–Trinajstić information content (AvgIpc) is 3.23. The Bertz CT molecular complexity index is 1130. The van der Waals surface area contributed by atoms with Gasteiger partial charge in [0.25, 0.3) is 0 Å². The predicted molar refractivity (Wildman–Crippen MR) is 120 cm³/mol. The van der Waals surface area contributed by atoms with E-state index in [2.05, 4.69) is 46.0 Å². The van der Waals surface area contributed by atoms with Crippen LogP contribution in [0.25, 0.3) is 10.8 Å². The van der Waals surface area contributed by atoms with Crippen molar-refractivity contribution >= 4 is 28.3 Å². The molecule has 7 heteroatoms. The first-order chi connectivity index (χ1) is 14.8. The summed E-state index contributed by atoms with van der Waals surface area (Å²) in [5.41, 5.74) is 2.01. The molecular formula is C23H24ClN5O. The summed E-state index contributed by atoms with van der Waals surface area (Å²) in [4.78, 5) is 0. The van der Waals surface area contributed by atoms with Crippen molar-refractivity contribution in [1.82, 2.24) is 20.2 Å². The number of hydrogen-bond donors (Lipinski definition) is 1. The lowest BCUT2D eigenvalue weighted by molar-refractivity contribution is 0.304. The molecule has 0 bridgehead atoms. The Labute approximate surface area is 180 Å². The molecule has 0 amide bonds. The Morgan fingerprint density at radius 1 is 1.03 bits per heavy atom. The van der Waals surface area contributed by atoms with E-state index in [9.17, 15) is 0 Å². The molecule has 1 aromatic heterocycles. The van der Waals surface area contributed by atoms with Crippen LogP contribution in [0.4, 0.5) is 5.95 Å². The highest BCUT2D eigenvalue weighted by molar-refractivity contribution is 6.31. The van der Waals surface area contributed by atoms with Crippen LogP contribution in [0.1, 0.15) is 30.9 Å². The fraction of sp³-hybridized carbons (Fsp3) is 0.261. The molecule has 0 spiro atoms. The van der Waals surface area contributed by atoms with Gasteiger partial charge in [-0.3, -0.25) is 0 Å². The van der Waals surface area contributed by atoms with Gasteiger partial charge in [-0.25, -0.2) is 4.68 Å². The first-order valence-electron chi connectivity index (χ1n) is 10.1. The first kappa shape index (κ1) is 20.2. The van der Waals surface area contributed by atoms with Gasteiger partial charge in [0.15, 0.2) is 0 Å². The topological polar surface area (TPSA) is 64.9 Å². The molecule has 30 heavy (non-hydrogen) atoms. The van der Waals surface area contributed by atoms with Gasteiger partial charge in [-0.05, 0) is 39.8 Å². The minimum absolute atomic E-state index is 0.402. The maximum Gasteiger partial charge on any atom is 0.243 e. The van der Waals surface area contributed by atoms with E-state index < -0.39 is 0 Å². The number of benzene rings is 3. The molecule has 6 nitrogen and oxygen atoms in total. The Balaban J connectivity index is 1.59. The molecule has 0 atom stereocenters. The zero-order chi connectivity index (χ0) is 20.8. The Morgan fingerprint density at radius 3 is 2.73 bits per heavy atom. The number of nitrogens with zero attached hydrogens (tertiary/aromatic N) is 4. The highest BCUT2D eigenvalue weighted by Crippen LogP contribution is 2.30. The summed E-state index contributed by atoms with van der Waals surface area (Å²) >= 11 is 6.30. The summed E-state index contributed by atoms with van der Waals surface area (Å²) in [6.45, 7) is 3.89. The van der Waals surface area contributed by atoms with Crippen LogP contribution in [0.5, 0.6) is 5.75 Å². The summed E-state index contributed by atoms with van der Waals surface area (Å²) in [6.07, 6.45) is 2.11. The lowest BCUT2D eigenvalue weighted by Crippen LogP contribution is -2.10. The molecule has 0 aliphatic heterocycles. The minimum atomic E-state index is 0.402. The maximum absolute atomic E-state index is 6.30. The highest BCUT2D eigenvalue weighted by atomic mass is 35.5. The third-order valence-electron chi connectivity index (χ3n) is 5.02. The van der Waals surface area contributed by atoms with E-state index in [1.807, 2.05) is 42.5 Å². The summed E-state index contributed by atoms with van der Waals surface area (Å²) in [6, 6.07) is 20.1. The molecule has 0 aliphatic rings. The number of ether oxygens (including phenoxy) is 1. The SMILES string of the molecule is CCCCn1nnnc1NCc1c(OCc2ccccc2Cl)ccc2ccccc12. The van der Waals surface area contributed by atoms with Crippen LogP contribution < -0.4 is 10.1 Å². The average molecular weight is 422 g/mol. The van der Waals surface area contributed by atoms with Crippen LogP contribution in [0.15, 0.2) is 60.7 Å². The molecule has 0 saturated heterocycles. The van der Waals surface area contributed by atoms with Crippen molar-refractivity contribution in [2.45, 2.75) is 39.5 Å². The monoisotopic (exact) mass is 421 g/mol. The second-order valence-corrected chi connectivity index (χ2v) is 7.48. The molecule has 154 valence electrons. The largest absolute Gasteiger partial charge is 0.488 e. The molecule has 4 rings (SSSR count). The third-order valence-corrected chi connectivity index (χ3v) is 5.39. The molecule has 3 aromatic carbocycles. The van der Waals surface area contributed by atoms with Gasteiger partial charge in [0.1, 0.15) is 12.4 Å². The molecule has 4 aromatic rings. The zero-order valence-corrected chi connectivity index (χ0v) is 17.6. The van der Waals surface area contributed by atoms with Gasteiger partial charge < -0.3 is 10.1 Å².